The second kappa shape index (κ2) is 8.25. The van der Waals surface area contributed by atoms with E-state index in [4.69, 9.17) is 0 Å². The third kappa shape index (κ3) is 4.09. The first-order valence-electron chi connectivity index (χ1n) is 9.83. The highest BCUT2D eigenvalue weighted by Crippen LogP contribution is 2.52. The quantitative estimate of drug-likeness (QED) is 0.531. The van der Waals surface area contributed by atoms with Crippen LogP contribution in [0.15, 0.2) is 63.1 Å². The van der Waals surface area contributed by atoms with E-state index in [0.29, 0.717) is 21.3 Å². The van der Waals surface area contributed by atoms with Crippen molar-refractivity contribution >= 4 is 51.0 Å². The molecule has 1 aromatic heterocycles. The van der Waals surface area contributed by atoms with Gasteiger partial charge >= 0.3 is 0 Å². The molecule has 0 spiro atoms. The summed E-state index contributed by atoms with van der Waals surface area (Å²) in [6, 6.07) is 15.7. The molecule has 1 aliphatic rings. The van der Waals surface area contributed by atoms with Gasteiger partial charge in [-0.1, -0.05) is 80.7 Å². The fraction of sp³-hybridized carbons (Fsp3) is 0.250. The Bertz CT molecular complexity index is 1290. The van der Waals surface area contributed by atoms with Crippen LogP contribution in [0.2, 0.25) is 0 Å². The van der Waals surface area contributed by atoms with E-state index in [9.17, 15) is 9.59 Å². The minimum Gasteiger partial charge on any atom is -0.299 e. The Morgan fingerprint density at radius 2 is 1.73 bits per heavy atom. The SMILES string of the molecule is CCn1c(=CC(=O)c2ccccc2)sc(=C2Sc3ccc(C(C)(C)C)cc3S2)c1=O. The van der Waals surface area contributed by atoms with Crippen molar-refractivity contribution in [2.75, 3.05) is 0 Å². The van der Waals surface area contributed by atoms with Gasteiger partial charge < -0.3 is 0 Å². The largest absolute Gasteiger partial charge is 0.299 e. The van der Waals surface area contributed by atoms with Gasteiger partial charge in [-0.2, -0.15) is 0 Å². The normalized spacial score (nSPS) is 16.1. The molecule has 4 rings (SSSR count). The van der Waals surface area contributed by atoms with E-state index in [1.165, 1.54) is 26.7 Å². The van der Waals surface area contributed by atoms with E-state index >= 15 is 0 Å². The summed E-state index contributed by atoms with van der Waals surface area (Å²) in [6.45, 7) is 9.09. The number of carbonyl (C=O) groups excluding carboxylic acids is 1. The van der Waals surface area contributed by atoms with Gasteiger partial charge in [0.15, 0.2) is 5.78 Å². The number of nitrogens with zero attached hydrogens (tertiary/aromatic N) is 1. The Labute approximate surface area is 188 Å². The molecule has 0 aliphatic carbocycles. The van der Waals surface area contributed by atoms with E-state index in [2.05, 4.69) is 39.0 Å². The van der Waals surface area contributed by atoms with Crippen LogP contribution in [-0.4, -0.2) is 10.4 Å². The van der Waals surface area contributed by atoms with Crippen molar-refractivity contribution in [2.45, 2.75) is 49.4 Å². The molecule has 30 heavy (non-hydrogen) atoms. The molecular formula is C24H23NO2S3. The van der Waals surface area contributed by atoms with Crippen molar-refractivity contribution in [3.8, 4) is 0 Å². The van der Waals surface area contributed by atoms with Gasteiger partial charge in [-0.25, -0.2) is 0 Å². The van der Waals surface area contributed by atoms with Gasteiger partial charge in [-0.3, -0.25) is 14.2 Å². The lowest BCUT2D eigenvalue weighted by atomic mass is 9.87. The van der Waals surface area contributed by atoms with Crippen molar-refractivity contribution in [3.63, 3.8) is 0 Å². The van der Waals surface area contributed by atoms with Crippen LogP contribution in [0, 0.1) is 0 Å². The van der Waals surface area contributed by atoms with Crippen LogP contribution in [0.25, 0.3) is 10.3 Å². The number of rotatable bonds is 3. The van der Waals surface area contributed by atoms with Gasteiger partial charge in [0.25, 0.3) is 5.56 Å². The Morgan fingerprint density at radius 1 is 1.03 bits per heavy atom. The Balaban J connectivity index is 1.79. The Morgan fingerprint density at radius 3 is 2.40 bits per heavy atom. The Hall–Kier alpha value is -2.02. The monoisotopic (exact) mass is 453 g/mol. The molecule has 0 saturated heterocycles. The van der Waals surface area contributed by atoms with Gasteiger partial charge in [0.2, 0.25) is 0 Å². The van der Waals surface area contributed by atoms with Crippen molar-refractivity contribution in [1.82, 2.24) is 4.57 Å². The van der Waals surface area contributed by atoms with E-state index in [0.717, 1.165) is 4.24 Å². The topological polar surface area (TPSA) is 39.1 Å². The van der Waals surface area contributed by atoms with Crippen LogP contribution >= 0.6 is 34.9 Å². The lowest BCUT2D eigenvalue weighted by Crippen LogP contribution is -2.31. The number of hydrogen-bond donors (Lipinski definition) is 0. The zero-order valence-corrected chi connectivity index (χ0v) is 19.8. The molecule has 0 amide bonds. The minimum atomic E-state index is -0.0829. The molecule has 6 heteroatoms. The first-order valence-corrected chi connectivity index (χ1v) is 12.3. The zero-order valence-electron chi connectivity index (χ0n) is 17.4. The lowest BCUT2D eigenvalue weighted by molar-refractivity contribution is 0.106. The van der Waals surface area contributed by atoms with Crippen molar-refractivity contribution in [2.24, 2.45) is 0 Å². The number of benzene rings is 2. The number of thiazole rings is 1. The third-order valence-electron chi connectivity index (χ3n) is 4.94. The smallest absolute Gasteiger partial charge is 0.270 e. The Kier molecular flexibility index (Phi) is 5.84. The first-order chi connectivity index (χ1) is 14.3. The summed E-state index contributed by atoms with van der Waals surface area (Å²) in [5, 5.41) is 0. The van der Waals surface area contributed by atoms with Gasteiger partial charge in [-0.05, 0) is 30.0 Å². The van der Waals surface area contributed by atoms with Gasteiger partial charge in [-0.15, -0.1) is 11.3 Å². The molecule has 0 radical (unpaired) electrons. The molecular weight excluding hydrogens is 430 g/mol. The molecule has 0 fully saturated rings. The van der Waals surface area contributed by atoms with Gasteiger partial charge in [0.1, 0.15) is 9.20 Å². The minimum absolute atomic E-state index is 0.0199. The van der Waals surface area contributed by atoms with Crippen molar-refractivity contribution < 1.29 is 4.79 Å². The van der Waals surface area contributed by atoms with Crippen molar-refractivity contribution in [1.29, 1.82) is 0 Å². The van der Waals surface area contributed by atoms with E-state index in [1.807, 2.05) is 25.1 Å². The van der Waals surface area contributed by atoms with Crippen LogP contribution < -0.4 is 14.8 Å². The standard InChI is InChI=1S/C24H23NO2S3/c1-5-25-20(14-17(26)15-9-7-6-8-10-15)30-21(22(25)27)23-28-18-12-11-16(24(2,3)4)13-19(18)29-23/h6-14H,5H2,1-4H3. The number of fused-ring (bicyclic) bond motifs is 1. The second-order valence-electron chi connectivity index (χ2n) is 8.10. The average molecular weight is 454 g/mol. The summed E-state index contributed by atoms with van der Waals surface area (Å²) >= 11 is 4.71. The first kappa shape index (κ1) is 21.2. The summed E-state index contributed by atoms with van der Waals surface area (Å²) < 4.78 is 4.11. The number of aromatic nitrogens is 1. The van der Waals surface area contributed by atoms with Crippen LogP contribution in [-0.2, 0) is 12.0 Å². The predicted molar refractivity (Wildman–Crippen MR) is 129 cm³/mol. The molecule has 1 aliphatic heterocycles. The maximum atomic E-state index is 13.1. The molecule has 154 valence electrons. The van der Waals surface area contributed by atoms with Crippen molar-refractivity contribution in [3.05, 3.63) is 79.2 Å². The highest BCUT2D eigenvalue weighted by atomic mass is 32.2. The summed E-state index contributed by atoms with van der Waals surface area (Å²) in [6.07, 6.45) is 1.59. The van der Waals surface area contributed by atoms with Gasteiger partial charge in [0.05, 0.1) is 4.24 Å². The summed E-state index contributed by atoms with van der Waals surface area (Å²) in [7, 11) is 0. The average Bonchev–Trinajstić information content (AvgIpc) is 3.27. The fourth-order valence-corrected chi connectivity index (χ4v) is 7.05. The maximum Gasteiger partial charge on any atom is 0.270 e. The van der Waals surface area contributed by atoms with Crippen LogP contribution in [0.5, 0.6) is 0 Å². The molecule has 0 N–H and O–H groups in total. The molecule has 0 saturated carbocycles. The molecule has 0 atom stereocenters. The summed E-state index contributed by atoms with van der Waals surface area (Å²) in [5.74, 6) is -0.0829. The van der Waals surface area contributed by atoms with E-state index in [1.54, 1.807) is 46.3 Å². The fourth-order valence-electron chi connectivity index (χ4n) is 3.21. The second-order valence-corrected chi connectivity index (χ2v) is 11.5. The van der Waals surface area contributed by atoms with E-state index in [-0.39, 0.29) is 16.8 Å². The van der Waals surface area contributed by atoms with Crippen LogP contribution in [0.1, 0.15) is 43.6 Å². The number of hydrogen-bond acceptors (Lipinski definition) is 5. The zero-order chi connectivity index (χ0) is 21.5. The number of Topliss-reactive ketones (excluding diaryl/α,β-unsaturated/α-hetero) is 1. The van der Waals surface area contributed by atoms with E-state index < -0.39 is 0 Å². The predicted octanol–water partition coefficient (Wildman–Crippen LogP) is 4.85. The highest BCUT2D eigenvalue weighted by Gasteiger charge is 2.23. The third-order valence-corrected chi connectivity index (χ3v) is 8.87. The summed E-state index contributed by atoms with van der Waals surface area (Å²) in [4.78, 5) is 28.1. The molecule has 3 nitrogen and oxygen atoms in total. The number of thioether (sulfide) groups is 2. The van der Waals surface area contributed by atoms with Gasteiger partial charge in [0, 0.05) is 28.0 Å². The molecule has 2 aromatic carbocycles. The number of ketones is 1. The summed E-state index contributed by atoms with van der Waals surface area (Å²) in [5.41, 5.74) is 1.98. The van der Waals surface area contributed by atoms with Crippen LogP contribution in [0.3, 0.4) is 0 Å². The lowest BCUT2D eigenvalue weighted by Gasteiger charge is -2.19. The molecule has 0 unspecified atom stereocenters. The molecule has 0 bridgehead atoms. The molecule has 2 heterocycles. The maximum absolute atomic E-state index is 13.1. The molecule has 3 aromatic rings. The van der Waals surface area contributed by atoms with Crippen LogP contribution in [0.4, 0.5) is 0 Å². The highest BCUT2D eigenvalue weighted by molar-refractivity contribution is 8.32. The number of carbonyl (C=O) groups is 1.